The quantitative estimate of drug-likeness (QED) is 0.0252. The molecule has 1 aromatic carbocycles. The molecule has 0 bridgehead atoms. The fraction of sp³-hybridized carbons (Fsp3) is 0.755. The minimum atomic E-state index is -1.05. The van der Waals surface area contributed by atoms with Crippen molar-refractivity contribution in [1.29, 1.82) is 0 Å². The van der Waals surface area contributed by atoms with E-state index in [-0.39, 0.29) is 78.0 Å². The third-order valence-electron chi connectivity index (χ3n) is 13.7. The number of esters is 1. The summed E-state index contributed by atoms with van der Waals surface area (Å²) in [7, 11) is 0. The lowest BCUT2D eigenvalue weighted by atomic mass is 9.78. The number of carbonyl (C=O) groups is 6. The van der Waals surface area contributed by atoms with Gasteiger partial charge < -0.3 is 25.0 Å². The number of ether oxygens (including phenoxy) is 2. The summed E-state index contributed by atoms with van der Waals surface area (Å²) in [6.07, 6.45) is 15.2. The van der Waals surface area contributed by atoms with E-state index < -0.39 is 30.5 Å². The van der Waals surface area contributed by atoms with Crippen LogP contribution < -0.4 is 10.1 Å². The van der Waals surface area contributed by atoms with E-state index in [4.69, 9.17) is 9.47 Å². The zero-order valence-electron chi connectivity index (χ0n) is 38.2. The van der Waals surface area contributed by atoms with Crippen LogP contribution in [0.15, 0.2) is 18.2 Å². The van der Waals surface area contributed by atoms with E-state index in [1.807, 2.05) is 26.0 Å². The van der Waals surface area contributed by atoms with Gasteiger partial charge in [-0.1, -0.05) is 77.8 Å². The highest BCUT2D eigenvalue weighted by Crippen LogP contribution is 2.42. The van der Waals surface area contributed by atoms with Crippen molar-refractivity contribution in [2.75, 3.05) is 25.4 Å². The van der Waals surface area contributed by atoms with Crippen LogP contribution in [0, 0.1) is 29.6 Å². The van der Waals surface area contributed by atoms with E-state index in [1.165, 1.54) is 16.7 Å². The first-order chi connectivity index (χ1) is 30.4. The average Bonchev–Trinajstić information content (AvgIpc) is 3.78. The van der Waals surface area contributed by atoms with E-state index in [9.17, 15) is 39.0 Å². The number of nitrogens with one attached hydrogen (secondary N) is 1. The van der Waals surface area contributed by atoms with Crippen molar-refractivity contribution in [1.82, 2.24) is 10.2 Å². The third-order valence-corrected chi connectivity index (χ3v) is 15.3. The third kappa shape index (κ3) is 16.4. The zero-order chi connectivity index (χ0) is 45.7. The SMILES string of the molecule is CCCCC[C@H](O)CC[C@@H]1[C@@H](Cc2cccc(OCC(=O)O)c2CS)CC[C@H]1OC(=O)[C@@H]1CCCC[C@@H]1C(=O)NCCCCCCSC1CC(=O)N(CCC(=O)C(CC)CC)C1=O. The molecule has 4 rings (SSSR count). The summed E-state index contributed by atoms with van der Waals surface area (Å²) in [6, 6.07) is 5.67. The van der Waals surface area contributed by atoms with Crippen LogP contribution in [0.2, 0.25) is 0 Å². The van der Waals surface area contributed by atoms with Crippen LogP contribution in [0.3, 0.4) is 0 Å². The van der Waals surface area contributed by atoms with E-state index in [0.29, 0.717) is 56.6 Å². The van der Waals surface area contributed by atoms with Crippen molar-refractivity contribution in [3.63, 3.8) is 0 Å². The molecule has 12 nitrogen and oxygen atoms in total. The first-order valence-corrected chi connectivity index (χ1v) is 25.8. The number of carboxylic acid groups (broad SMARTS) is 1. The molecule has 3 amide bonds. The monoisotopic (exact) mass is 916 g/mol. The topological polar surface area (TPSA) is 177 Å². The van der Waals surface area contributed by atoms with Gasteiger partial charge >= 0.3 is 11.9 Å². The number of thiol groups is 1. The summed E-state index contributed by atoms with van der Waals surface area (Å²) in [4.78, 5) is 78.0. The van der Waals surface area contributed by atoms with Gasteiger partial charge in [-0.2, -0.15) is 12.6 Å². The molecule has 0 aromatic heterocycles. The van der Waals surface area contributed by atoms with Gasteiger partial charge in [-0.25, -0.2) is 4.79 Å². The highest BCUT2D eigenvalue weighted by atomic mass is 32.2. The molecule has 354 valence electrons. The molecule has 0 spiro atoms. The van der Waals surface area contributed by atoms with Crippen molar-refractivity contribution < 1.29 is 48.5 Å². The number of benzene rings is 1. The summed E-state index contributed by atoms with van der Waals surface area (Å²) in [6.45, 7) is 6.37. The summed E-state index contributed by atoms with van der Waals surface area (Å²) in [5.74, 6) is -0.784. The van der Waals surface area contributed by atoms with Gasteiger partial charge in [-0.15, -0.1) is 11.8 Å². The normalized spacial score (nSPS) is 23.0. The number of aliphatic hydroxyl groups is 1. The van der Waals surface area contributed by atoms with Gasteiger partial charge in [0, 0.05) is 43.2 Å². The Labute approximate surface area is 385 Å². The Hall–Kier alpha value is -3.10. The number of ketones is 1. The van der Waals surface area contributed by atoms with Gasteiger partial charge in [-0.05, 0) is 106 Å². The lowest BCUT2D eigenvalue weighted by molar-refractivity contribution is -0.162. The maximum Gasteiger partial charge on any atom is 0.341 e. The summed E-state index contributed by atoms with van der Waals surface area (Å²) < 4.78 is 12.0. The molecule has 3 aliphatic rings. The van der Waals surface area contributed by atoms with Crippen LogP contribution in [0.25, 0.3) is 0 Å². The highest BCUT2D eigenvalue weighted by molar-refractivity contribution is 8.00. The number of Topliss-reactive ketones (excluding diaryl/α,β-unsaturated/α-hetero) is 1. The Morgan fingerprint density at radius 2 is 1.68 bits per heavy atom. The van der Waals surface area contributed by atoms with Crippen LogP contribution >= 0.6 is 24.4 Å². The van der Waals surface area contributed by atoms with E-state index in [2.05, 4.69) is 24.9 Å². The van der Waals surface area contributed by atoms with Gasteiger partial charge in [0.1, 0.15) is 17.6 Å². The number of likely N-dealkylation sites (tertiary alicyclic amines) is 1. The largest absolute Gasteiger partial charge is 0.482 e. The predicted octanol–water partition coefficient (Wildman–Crippen LogP) is 8.52. The molecule has 1 unspecified atom stereocenters. The number of aliphatic hydroxyl groups excluding tert-OH is 1. The summed E-state index contributed by atoms with van der Waals surface area (Å²) >= 11 is 6.08. The summed E-state index contributed by atoms with van der Waals surface area (Å²) in [5.41, 5.74) is 1.89. The van der Waals surface area contributed by atoms with Crippen molar-refractivity contribution in [3.05, 3.63) is 29.3 Å². The second-order valence-electron chi connectivity index (χ2n) is 18.0. The molecule has 0 radical (unpaired) electrons. The molecule has 14 heteroatoms. The Bertz CT molecular complexity index is 1640. The van der Waals surface area contributed by atoms with Gasteiger partial charge in [0.05, 0.1) is 23.2 Å². The maximum atomic E-state index is 14.0. The fourth-order valence-electron chi connectivity index (χ4n) is 9.93. The standard InChI is InChI=1S/C49H76N2O10S2/c1-4-7-10-17-36(52)22-23-37-35(29-34-16-15-20-42(40(34)32-62)60-31-46(55)56)21-24-43(37)61-49(59)39-19-12-11-18-38(39)47(57)50-26-13-8-9-14-28-63-44-30-45(54)51(48(44)58)27-25-41(53)33(5-2)6-3/h15-16,20,33,35-39,43-44,52,62H,4-14,17-19,21-32H2,1-3H3,(H,50,57)(H,55,56)/t35-,36+,37-,38+,39-,43-,44?/m1/s1. The van der Waals surface area contributed by atoms with Crippen LogP contribution in [0.1, 0.15) is 160 Å². The van der Waals surface area contributed by atoms with Crippen molar-refractivity contribution in [2.24, 2.45) is 29.6 Å². The second kappa shape index (κ2) is 28.1. The van der Waals surface area contributed by atoms with Crippen LogP contribution in [-0.4, -0.2) is 93.5 Å². The molecule has 3 N–H and O–H groups in total. The number of thioether (sulfide) groups is 1. The Morgan fingerprint density at radius 1 is 0.937 bits per heavy atom. The van der Waals surface area contributed by atoms with Gasteiger partial charge in [0.2, 0.25) is 17.7 Å². The van der Waals surface area contributed by atoms with Gasteiger partial charge in [0.15, 0.2) is 6.61 Å². The first-order valence-electron chi connectivity index (χ1n) is 24.1. The number of hydrogen-bond acceptors (Lipinski definition) is 11. The van der Waals surface area contributed by atoms with Crippen LogP contribution in [0.4, 0.5) is 0 Å². The number of carbonyl (C=O) groups excluding carboxylic acids is 5. The highest BCUT2D eigenvalue weighted by Gasteiger charge is 2.43. The number of unbranched alkanes of at least 4 members (excludes halogenated alkanes) is 5. The number of imide groups is 1. The molecule has 7 atom stereocenters. The average molecular weight is 917 g/mol. The van der Waals surface area contributed by atoms with Crippen molar-refractivity contribution >= 4 is 59.8 Å². The minimum absolute atomic E-state index is 0.0153. The van der Waals surface area contributed by atoms with Gasteiger partial charge in [0.25, 0.3) is 0 Å². The molecule has 2 saturated carbocycles. The number of aliphatic carboxylic acids is 1. The number of amides is 3. The second-order valence-corrected chi connectivity index (χ2v) is 19.6. The Balaban J connectivity index is 1.24. The molecule has 2 aliphatic carbocycles. The Morgan fingerprint density at radius 3 is 2.40 bits per heavy atom. The predicted molar refractivity (Wildman–Crippen MR) is 250 cm³/mol. The molecule has 1 aliphatic heterocycles. The van der Waals surface area contributed by atoms with Crippen LogP contribution in [0.5, 0.6) is 5.75 Å². The lowest BCUT2D eigenvalue weighted by Gasteiger charge is -2.32. The molecule has 1 saturated heterocycles. The lowest BCUT2D eigenvalue weighted by Crippen LogP contribution is -2.42. The molecular weight excluding hydrogens is 841 g/mol. The number of nitrogens with zero attached hydrogens (tertiary/aromatic N) is 1. The number of carboxylic acids is 1. The van der Waals surface area contributed by atoms with Crippen LogP contribution in [-0.2, 0) is 45.7 Å². The van der Waals surface area contributed by atoms with E-state index >= 15 is 0 Å². The van der Waals surface area contributed by atoms with E-state index in [0.717, 1.165) is 100 Å². The smallest absolute Gasteiger partial charge is 0.341 e. The number of hydrogen-bond donors (Lipinski definition) is 4. The molecule has 63 heavy (non-hydrogen) atoms. The molecular formula is C49H76N2O10S2. The first kappa shape index (κ1) is 52.5. The zero-order valence-corrected chi connectivity index (χ0v) is 39.9. The molecule has 1 heterocycles. The number of rotatable bonds is 30. The van der Waals surface area contributed by atoms with Gasteiger partial charge in [-0.3, -0.25) is 28.9 Å². The minimum Gasteiger partial charge on any atom is -0.482 e. The molecule has 3 fully saturated rings. The summed E-state index contributed by atoms with van der Waals surface area (Å²) in [5, 5.41) is 22.8. The maximum absolute atomic E-state index is 14.0. The fourth-order valence-corrected chi connectivity index (χ4v) is 11.5. The van der Waals surface area contributed by atoms with Crippen molar-refractivity contribution in [2.45, 2.75) is 179 Å². The Kier molecular flexibility index (Phi) is 23.4. The molecule has 1 aromatic rings. The van der Waals surface area contributed by atoms with Crippen molar-refractivity contribution in [3.8, 4) is 5.75 Å². The van der Waals surface area contributed by atoms with E-state index in [1.54, 1.807) is 6.07 Å².